The summed E-state index contributed by atoms with van der Waals surface area (Å²) in [6.45, 7) is 3.35. The Morgan fingerprint density at radius 2 is 1.80 bits per heavy atom. The fraction of sp³-hybridized carbons (Fsp3) is 0.308. The van der Waals surface area contributed by atoms with Gasteiger partial charge < -0.3 is 9.47 Å². The number of carbonyl (C=O) groups excluding carboxylic acids is 3. The van der Waals surface area contributed by atoms with Crippen molar-refractivity contribution in [3.63, 3.8) is 0 Å². The lowest BCUT2D eigenvalue weighted by Crippen LogP contribution is -2.36. The number of esters is 2. The summed E-state index contributed by atoms with van der Waals surface area (Å²) < 4.78 is 10.3. The number of benzene rings is 2. The van der Waals surface area contributed by atoms with Gasteiger partial charge in [-0.15, -0.1) is 0 Å². The summed E-state index contributed by atoms with van der Waals surface area (Å²) >= 11 is 0. The minimum atomic E-state index is -0.991. The lowest BCUT2D eigenvalue weighted by molar-refractivity contribution is -0.384. The van der Waals surface area contributed by atoms with E-state index in [9.17, 15) is 24.5 Å². The van der Waals surface area contributed by atoms with Crippen molar-refractivity contribution in [2.75, 3.05) is 13.7 Å². The molecule has 0 amide bonds. The van der Waals surface area contributed by atoms with Gasteiger partial charge in [-0.2, -0.15) is 0 Å². The van der Waals surface area contributed by atoms with Crippen LogP contribution in [0.5, 0.6) is 0 Å². The molecule has 0 fully saturated rings. The maximum atomic E-state index is 13.2. The summed E-state index contributed by atoms with van der Waals surface area (Å²) in [7, 11) is 1.22. The molecule has 0 spiro atoms. The molecule has 1 aliphatic heterocycles. The van der Waals surface area contributed by atoms with E-state index >= 15 is 0 Å². The summed E-state index contributed by atoms with van der Waals surface area (Å²) in [5.41, 5.74) is 1.50. The van der Waals surface area contributed by atoms with E-state index < -0.39 is 28.7 Å². The van der Waals surface area contributed by atoms with Crippen molar-refractivity contribution >= 4 is 29.1 Å². The van der Waals surface area contributed by atoms with E-state index in [4.69, 9.17) is 9.47 Å². The van der Waals surface area contributed by atoms with Crippen LogP contribution in [-0.2, 0) is 19.1 Å². The van der Waals surface area contributed by atoms with Crippen molar-refractivity contribution in [1.29, 1.82) is 0 Å². The molecule has 0 radical (unpaired) electrons. The van der Waals surface area contributed by atoms with Gasteiger partial charge in [-0.05, 0) is 25.8 Å². The van der Waals surface area contributed by atoms with Gasteiger partial charge >= 0.3 is 11.9 Å². The molecule has 9 heteroatoms. The van der Waals surface area contributed by atoms with Gasteiger partial charge in [-0.1, -0.05) is 42.5 Å². The van der Waals surface area contributed by atoms with Gasteiger partial charge in [0.05, 0.1) is 29.9 Å². The molecule has 2 aromatic rings. The zero-order chi connectivity index (χ0) is 25.5. The minimum absolute atomic E-state index is 0.0730. The zero-order valence-corrected chi connectivity index (χ0v) is 19.7. The molecule has 3 rings (SSSR count). The first-order valence-electron chi connectivity index (χ1n) is 11.1. The predicted octanol–water partition coefficient (Wildman–Crippen LogP) is 4.42. The van der Waals surface area contributed by atoms with Crippen molar-refractivity contribution in [3.8, 4) is 0 Å². The summed E-state index contributed by atoms with van der Waals surface area (Å²) in [5, 5.41) is 11.4. The average molecular weight is 479 g/mol. The van der Waals surface area contributed by atoms with E-state index in [1.54, 1.807) is 44.2 Å². The third-order valence-corrected chi connectivity index (χ3v) is 5.79. The van der Waals surface area contributed by atoms with Crippen molar-refractivity contribution in [2.24, 2.45) is 10.9 Å². The number of ketones is 1. The Kier molecular flexibility index (Phi) is 8.25. The summed E-state index contributed by atoms with van der Waals surface area (Å²) in [5.74, 6) is -3.38. The number of methoxy groups -OCH3 is 1. The van der Waals surface area contributed by atoms with Crippen LogP contribution in [0.2, 0.25) is 0 Å². The summed E-state index contributed by atoms with van der Waals surface area (Å²) in [6.07, 6.45) is 0.197. The molecule has 1 aliphatic rings. The third-order valence-electron chi connectivity index (χ3n) is 5.79. The maximum Gasteiger partial charge on any atom is 0.336 e. The quantitative estimate of drug-likeness (QED) is 0.226. The Morgan fingerprint density at radius 1 is 1.09 bits per heavy atom. The van der Waals surface area contributed by atoms with Crippen molar-refractivity contribution in [2.45, 2.75) is 32.6 Å². The molecule has 0 aromatic heterocycles. The molecular formula is C26H26N2O7. The van der Waals surface area contributed by atoms with E-state index in [0.29, 0.717) is 22.5 Å². The zero-order valence-electron chi connectivity index (χ0n) is 19.7. The number of Topliss-reactive ketones (excluding diaryl/α,β-unsaturated/α-hetero) is 1. The van der Waals surface area contributed by atoms with Crippen LogP contribution in [0.3, 0.4) is 0 Å². The Bertz CT molecular complexity index is 1200. The van der Waals surface area contributed by atoms with Gasteiger partial charge in [0.15, 0.2) is 5.78 Å². The number of aliphatic imine (C=N–C) groups is 1. The van der Waals surface area contributed by atoms with Gasteiger partial charge in [-0.3, -0.25) is 24.7 Å². The average Bonchev–Trinajstić information content (AvgIpc) is 2.86. The van der Waals surface area contributed by atoms with Crippen molar-refractivity contribution < 1.29 is 28.8 Å². The number of nitro benzene ring substituents is 1. The van der Waals surface area contributed by atoms with Crippen LogP contribution < -0.4 is 0 Å². The Balaban J connectivity index is 2.13. The van der Waals surface area contributed by atoms with Gasteiger partial charge in [0, 0.05) is 35.7 Å². The highest BCUT2D eigenvalue weighted by Crippen LogP contribution is 2.42. The summed E-state index contributed by atoms with van der Waals surface area (Å²) in [6, 6.07) is 14.5. The normalized spacial score (nSPS) is 17.4. The summed E-state index contributed by atoms with van der Waals surface area (Å²) in [4.78, 5) is 54.1. The van der Waals surface area contributed by atoms with Crippen LogP contribution in [-0.4, -0.2) is 42.1 Å². The van der Waals surface area contributed by atoms with Crippen molar-refractivity contribution in [1.82, 2.24) is 0 Å². The smallest absolute Gasteiger partial charge is 0.336 e. The van der Waals surface area contributed by atoms with Gasteiger partial charge in [0.1, 0.15) is 5.92 Å². The fourth-order valence-electron chi connectivity index (χ4n) is 4.20. The van der Waals surface area contributed by atoms with Gasteiger partial charge in [0.25, 0.3) is 5.69 Å². The number of allylic oxidation sites excluding steroid dienone is 1. The van der Waals surface area contributed by atoms with Crippen LogP contribution >= 0.6 is 0 Å². The number of rotatable bonds is 9. The predicted molar refractivity (Wildman–Crippen MR) is 128 cm³/mol. The monoisotopic (exact) mass is 478 g/mol. The highest BCUT2D eigenvalue weighted by atomic mass is 16.6. The lowest BCUT2D eigenvalue weighted by atomic mass is 9.75. The van der Waals surface area contributed by atoms with Crippen LogP contribution in [0, 0.1) is 16.0 Å². The number of carbonyl (C=O) groups is 3. The topological polar surface area (TPSA) is 125 Å². The second-order valence-corrected chi connectivity index (χ2v) is 7.95. The molecule has 9 nitrogen and oxygen atoms in total. The fourth-order valence-corrected chi connectivity index (χ4v) is 4.20. The van der Waals surface area contributed by atoms with E-state index in [-0.39, 0.29) is 36.5 Å². The lowest BCUT2D eigenvalue weighted by Gasteiger charge is -2.32. The molecule has 2 aromatic carbocycles. The SMILES string of the molecule is CCOC(=O)C1=C(CCC(=O)c2ccccc2)N=C(C)C(C(=O)OC)C1c1cccc([N+](=O)[O-])c1. The first-order valence-corrected chi connectivity index (χ1v) is 11.1. The molecule has 35 heavy (non-hydrogen) atoms. The van der Waals surface area contributed by atoms with E-state index in [1.165, 1.54) is 25.3 Å². The number of hydrogen-bond acceptors (Lipinski definition) is 8. The van der Waals surface area contributed by atoms with Crippen molar-refractivity contribution in [3.05, 3.63) is 87.1 Å². The highest BCUT2D eigenvalue weighted by molar-refractivity contribution is 6.07. The molecule has 1 heterocycles. The molecule has 2 unspecified atom stereocenters. The molecule has 182 valence electrons. The molecule has 0 bridgehead atoms. The largest absolute Gasteiger partial charge is 0.468 e. The minimum Gasteiger partial charge on any atom is -0.468 e. The van der Waals surface area contributed by atoms with E-state index in [1.807, 2.05) is 6.07 Å². The molecular weight excluding hydrogens is 452 g/mol. The van der Waals surface area contributed by atoms with Crippen LogP contribution in [0.4, 0.5) is 5.69 Å². The Hall–Kier alpha value is -4.14. The maximum absolute atomic E-state index is 13.2. The second kappa shape index (κ2) is 11.3. The molecule has 0 saturated carbocycles. The number of hydrogen-bond donors (Lipinski definition) is 0. The molecule has 2 atom stereocenters. The van der Waals surface area contributed by atoms with E-state index in [2.05, 4.69) is 4.99 Å². The second-order valence-electron chi connectivity index (χ2n) is 7.95. The number of ether oxygens (including phenoxy) is 2. The molecule has 0 N–H and O–H groups in total. The van der Waals surface area contributed by atoms with Crippen LogP contribution in [0.25, 0.3) is 0 Å². The van der Waals surface area contributed by atoms with Gasteiger partial charge in [0.2, 0.25) is 0 Å². The molecule has 0 saturated heterocycles. The van der Waals surface area contributed by atoms with E-state index in [0.717, 1.165) is 0 Å². The number of nitro groups is 1. The highest BCUT2D eigenvalue weighted by Gasteiger charge is 2.43. The van der Waals surface area contributed by atoms with Crippen LogP contribution in [0.1, 0.15) is 48.5 Å². The Labute approximate surface area is 202 Å². The number of non-ortho nitro benzene ring substituents is 1. The standard InChI is InChI=1S/C26H26N2O7/c1-4-35-26(31)24-20(13-14-21(29)17-9-6-5-7-10-17)27-16(2)22(25(30)34-3)23(24)18-11-8-12-19(15-18)28(32)33/h5-12,15,22-23H,4,13-14H2,1-3H3. The third kappa shape index (κ3) is 5.68. The molecule has 0 aliphatic carbocycles. The first-order chi connectivity index (χ1) is 16.8. The van der Waals surface area contributed by atoms with Crippen LogP contribution in [0.15, 0.2) is 70.9 Å². The number of nitrogens with zero attached hydrogens (tertiary/aromatic N) is 2. The Morgan fingerprint density at radius 3 is 2.43 bits per heavy atom. The first kappa shape index (κ1) is 25.5. The van der Waals surface area contributed by atoms with Gasteiger partial charge in [-0.25, -0.2) is 4.79 Å².